The number of aromatic nitrogens is 1. The molecular weight excluding hydrogens is 472 g/mol. The van der Waals surface area contributed by atoms with Crippen LogP contribution in [-0.4, -0.2) is 24.6 Å². The van der Waals surface area contributed by atoms with Crippen LogP contribution in [0.3, 0.4) is 0 Å². The highest BCUT2D eigenvalue weighted by Crippen LogP contribution is 2.31. The Bertz CT molecular complexity index is 1640. The van der Waals surface area contributed by atoms with Gasteiger partial charge in [0.05, 0.1) is 15.8 Å². The fourth-order valence-electron chi connectivity index (χ4n) is 4.22. The summed E-state index contributed by atoms with van der Waals surface area (Å²) in [7, 11) is 3.97. The van der Waals surface area contributed by atoms with Gasteiger partial charge in [0.15, 0.2) is 4.80 Å². The summed E-state index contributed by atoms with van der Waals surface area (Å²) in [5.41, 5.74) is 3.36. The monoisotopic (exact) mass is 498 g/mol. The van der Waals surface area contributed by atoms with E-state index in [9.17, 15) is 9.59 Å². The molecule has 0 spiro atoms. The third-order valence-corrected chi connectivity index (χ3v) is 7.02. The largest absolute Gasteiger partial charge is 0.464 e. The molecular formula is C28H26N4O3S. The molecule has 2 aromatic heterocycles. The molecule has 0 unspecified atom stereocenters. The Morgan fingerprint density at radius 1 is 1.06 bits per heavy atom. The quantitative estimate of drug-likeness (QED) is 0.454. The standard InChI is InChI=1S/C28H26N4O3S/c1-17-10-15-22(35-17)25-24(26(33)30-20-8-6-5-7-9-20)18(2)29-28-32(25)27(34)23(36-28)16-19-11-13-21(14-12-19)31(3)4/h5-16,25H,1-4H3,(H,30,33)/b23-16+/t25-/m0/s1. The van der Waals surface area contributed by atoms with Gasteiger partial charge in [-0.2, -0.15) is 0 Å². The van der Waals surface area contributed by atoms with E-state index in [1.807, 2.05) is 98.7 Å². The number of amides is 1. The maximum absolute atomic E-state index is 13.7. The first-order valence-corrected chi connectivity index (χ1v) is 12.4. The van der Waals surface area contributed by atoms with Crippen LogP contribution in [0.5, 0.6) is 0 Å². The highest BCUT2D eigenvalue weighted by Gasteiger charge is 2.34. The number of hydrogen-bond donors (Lipinski definition) is 1. The minimum Gasteiger partial charge on any atom is -0.464 e. The molecule has 36 heavy (non-hydrogen) atoms. The topological polar surface area (TPSA) is 79.8 Å². The normalized spacial score (nSPS) is 15.4. The average Bonchev–Trinajstić information content (AvgIpc) is 3.42. The number of fused-ring (bicyclic) bond motifs is 1. The van der Waals surface area contributed by atoms with Crippen molar-refractivity contribution in [1.29, 1.82) is 0 Å². The minimum atomic E-state index is -0.725. The molecule has 0 fully saturated rings. The van der Waals surface area contributed by atoms with E-state index in [0.717, 1.165) is 11.3 Å². The summed E-state index contributed by atoms with van der Waals surface area (Å²) in [6.07, 6.45) is 1.86. The Kier molecular flexibility index (Phi) is 6.20. The highest BCUT2D eigenvalue weighted by molar-refractivity contribution is 7.07. The van der Waals surface area contributed by atoms with Gasteiger partial charge in [0.1, 0.15) is 17.6 Å². The number of anilines is 2. The number of allylic oxidation sites excluding steroid dienone is 1. The van der Waals surface area contributed by atoms with E-state index in [4.69, 9.17) is 4.42 Å². The van der Waals surface area contributed by atoms with Crippen molar-refractivity contribution >= 4 is 34.7 Å². The third kappa shape index (κ3) is 4.43. The number of benzene rings is 2. The Labute approximate surface area is 212 Å². The van der Waals surface area contributed by atoms with Crippen LogP contribution < -0.4 is 25.1 Å². The molecule has 5 rings (SSSR count). The van der Waals surface area contributed by atoms with Gasteiger partial charge in [-0.05, 0) is 61.9 Å². The average molecular weight is 499 g/mol. The van der Waals surface area contributed by atoms with E-state index < -0.39 is 6.04 Å². The molecule has 0 radical (unpaired) electrons. The first-order valence-electron chi connectivity index (χ1n) is 11.5. The molecule has 0 saturated heterocycles. The van der Waals surface area contributed by atoms with Crippen molar-refractivity contribution in [1.82, 2.24) is 4.57 Å². The van der Waals surface area contributed by atoms with E-state index in [1.54, 1.807) is 11.5 Å². The second-order valence-corrected chi connectivity index (χ2v) is 9.85. The predicted molar refractivity (Wildman–Crippen MR) is 143 cm³/mol. The number of nitrogens with zero attached hydrogens (tertiary/aromatic N) is 3. The molecule has 2 aromatic carbocycles. The van der Waals surface area contributed by atoms with Crippen molar-refractivity contribution in [3.63, 3.8) is 0 Å². The van der Waals surface area contributed by atoms with Gasteiger partial charge < -0.3 is 14.6 Å². The number of carbonyl (C=O) groups excluding carboxylic acids is 1. The van der Waals surface area contributed by atoms with E-state index in [1.165, 1.54) is 11.3 Å². The molecule has 3 heterocycles. The Morgan fingerprint density at radius 2 is 1.78 bits per heavy atom. The number of aryl methyl sites for hydroxylation is 1. The van der Waals surface area contributed by atoms with Crippen molar-refractivity contribution in [3.05, 3.63) is 115 Å². The molecule has 7 nitrogen and oxygen atoms in total. The number of thiazole rings is 1. The fraction of sp³-hybridized carbons (Fsp3) is 0.179. The second kappa shape index (κ2) is 9.47. The fourth-order valence-corrected chi connectivity index (χ4v) is 5.27. The number of furan rings is 1. The van der Waals surface area contributed by atoms with Gasteiger partial charge in [-0.15, -0.1) is 0 Å². The van der Waals surface area contributed by atoms with Gasteiger partial charge in [0.25, 0.3) is 11.5 Å². The van der Waals surface area contributed by atoms with Gasteiger partial charge >= 0.3 is 0 Å². The maximum atomic E-state index is 13.7. The molecule has 1 N–H and O–H groups in total. The number of nitrogens with one attached hydrogen (secondary N) is 1. The van der Waals surface area contributed by atoms with E-state index in [-0.39, 0.29) is 11.5 Å². The van der Waals surface area contributed by atoms with Crippen LogP contribution in [0, 0.1) is 6.92 Å². The van der Waals surface area contributed by atoms with Crippen molar-refractivity contribution in [2.75, 3.05) is 24.3 Å². The highest BCUT2D eigenvalue weighted by atomic mass is 32.1. The number of hydrogen-bond acceptors (Lipinski definition) is 6. The van der Waals surface area contributed by atoms with E-state index in [0.29, 0.717) is 37.8 Å². The van der Waals surface area contributed by atoms with Crippen molar-refractivity contribution < 1.29 is 9.21 Å². The van der Waals surface area contributed by atoms with Crippen LogP contribution in [0.4, 0.5) is 11.4 Å². The molecule has 1 aliphatic heterocycles. The number of rotatable bonds is 5. The lowest BCUT2D eigenvalue weighted by atomic mass is 10.00. The zero-order chi connectivity index (χ0) is 25.4. The number of para-hydroxylation sites is 1. The molecule has 1 amide bonds. The summed E-state index contributed by atoms with van der Waals surface area (Å²) < 4.78 is 8.06. The Morgan fingerprint density at radius 3 is 2.42 bits per heavy atom. The predicted octanol–water partition coefficient (Wildman–Crippen LogP) is 3.84. The third-order valence-electron chi connectivity index (χ3n) is 6.04. The van der Waals surface area contributed by atoms with Gasteiger partial charge in [0.2, 0.25) is 0 Å². The summed E-state index contributed by atoms with van der Waals surface area (Å²) in [4.78, 5) is 34.4. The van der Waals surface area contributed by atoms with Crippen molar-refractivity contribution in [2.24, 2.45) is 4.99 Å². The molecule has 0 aliphatic carbocycles. The summed E-state index contributed by atoms with van der Waals surface area (Å²) in [5.74, 6) is 0.892. The molecule has 8 heteroatoms. The van der Waals surface area contributed by atoms with Gasteiger partial charge in [-0.1, -0.05) is 41.7 Å². The molecule has 182 valence electrons. The summed E-state index contributed by atoms with van der Waals surface area (Å²) >= 11 is 1.30. The molecule has 0 saturated carbocycles. The minimum absolute atomic E-state index is 0.216. The smallest absolute Gasteiger partial charge is 0.271 e. The number of carbonyl (C=O) groups is 1. The zero-order valence-electron chi connectivity index (χ0n) is 20.5. The first kappa shape index (κ1) is 23.6. The molecule has 4 aromatic rings. The SMILES string of the molecule is CC1=C(C(=O)Nc2ccccc2)[C@H](c2ccc(C)o2)n2c(s/c(=C/c3ccc(N(C)C)cc3)c2=O)=N1. The van der Waals surface area contributed by atoms with Crippen LogP contribution in [0.1, 0.15) is 30.0 Å². The molecule has 0 bridgehead atoms. The van der Waals surface area contributed by atoms with Crippen LogP contribution in [0.15, 0.2) is 92.2 Å². The van der Waals surface area contributed by atoms with Gasteiger partial charge in [-0.3, -0.25) is 14.2 Å². The lowest BCUT2D eigenvalue weighted by molar-refractivity contribution is -0.113. The van der Waals surface area contributed by atoms with Crippen molar-refractivity contribution in [2.45, 2.75) is 19.9 Å². The molecule has 1 aliphatic rings. The van der Waals surface area contributed by atoms with Crippen LogP contribution in [0.2, 0.25) is 0 Å². The van der Waals surface area contributed by atoms with Gasteiger partial charge in [0, 0.05) is 25.5 Å². The lowest BCUT2D eigenvalue weighted by Crippen LogP contribution is -2.40. The molecule has 1 atom stereocenters. The summed E-state index contributed by atoms with van der Waals surface area (Å²) in [6.45, 7) is 3.63. The summed E-state index contributed by atoms with van der Waals surface area (Å²) in [5, 5.41) is 2.94. The van der Waals surface area contributed by atoms with Gasteiger partial charge in [-0.25, -0.2) is 4.99 Å². The van der Waals surface area contributed by atoms with E-state index >= 15 is 0 Å². The Balaban J connectivity index is 1.63. The van der Waals surface area contributed by atoms with Crippen LogP contribution in [-0.2, 0) is 4.79 Å². The van der Waals surface area contributed by atoms with Crippen molar-refractivity contribution in [3.8, 4) is 0 Å². The van der Waals surface area contributed by atoms with Crippen LogP contribution in [0.25, 0.3) is 6.08 Å². The lowest BCUT2D eigenvalue weighted by Gasteiger charge is -2.23. The Hall–Kier alpha value is -4.17. The van der Waals surface area contributed by atoms with E-state index in [2.05, 4.69) is 10.3 Å². The zero-order valence-corrected chi connectivity index (χ0v) is 21.3. The first-order chi connectivity index (χ1) is 17.3. The van der Waals surface area contributed by atoms with Crippen LogP contribution >= 0.6 is 11.3 Å². The summed E-state index contributed by atoms with van der Waals surface area (Å²) in [6, 6.07) is 20.1. The maximum Gasteiger partial charge on any atom is 0.271 e. The second-order valence-electron chi connectivity index (χ2n) is 8.84.